The van der Waals surface area contributed by atoms with Gasteiger partial charge in [0.1, 0.15) is 0 Å². The monoisotopic (exact) mass is 307 g/mol. The van der Waals surface area contributed by atoms with Gasteiger partial charge in [-0.25, -0.2) is 4.79 Å². The van der Waals surface area contributed by atoms with Crippen LogP contribution in [0.5, 0.6) is 0 Å². The van der Waals surface area contributed by atoms with Crippen molar-refractivity contribution in [1.29, 1.82) is 0 Å². The van der Waals surface area contributed by atoms with E-state index in [9.17, 15) is 9.59 Å². The van der Waals surface area contributed by atoms with E-state index in [1.807, 2.05) is 4.90 Å². The second-order valence-corrected chi connectivity index (χ2v) is 4.38. The van der Waals surface area contributed by atoms with E-state index in [1.165, 1.54) is 0 Å². The van der Waals surface area contributed by atoms with Crippen LogP contribution in [0, 0.1) is 11.8 Å². The van der Waals surface area contributed by atoms with Gasteiger partial charge in [-0.2, -0.15) is 0 Å². The molecule has 0 aromatic heterocycles. The topological polar surface area (TPSA) is 55.8 Å². The minimum absolute atomic E-state index is 0.237. The first-order valence-corrected chi connectivity index (χ1v) is 7.38. The smallest absolute Gasteiger partial charge is 0.384 e. The minimum atomic E-state index is -0.569. The van der Waals surface area contributed by atoms with E-state index in [0.717, 1.165) is 0 Å². The van der Waals surface area contributed by atoms with Crippen LogP contribution in [0.2, 0.25) is 0 Å². The largest absolute Gasteiger partial charge is 0.466 e. The maximum atomic E-state index is 11.5. The number of esters is 2. The van der Waals surface area contributed by atoms with Crippen molar-refractivity contribution < 1.29 is 19.1 Å². The average Bonchev–Trinajstić information content (AvgIpc) is 2.48. The molecule has 0 rings (SSSR count). The van der Waals surface area contributed by atoms with Gasteiger partial charge >= 0.3 is 11.9 Å². The summed E-state index contributed by atoms with van der Waals surface area (Å²) in [6, 6.07) is -0.273. The fourth-order valence-corrected chi connectivity index (χ4v) is 1.80. The molecule has 0 aliphatic rings. The molecular weight excluding hydrogens is 282 g/mol. The van der Waals surface area contributed by atoms with Crippen molar-refractivity contribution in [2.24, 2.45) is 0 Å². The Morgan fingerprint density at radius 3 is 2.23 bits per heavy atom. The van der Waals surface area contributed by atoms with Crippen LogP contribution < -0.4 is 0 Å². The predicted octanol–water partition coefficient (Wildman–Crippen LogP) is 1.94. The second kappa shape index (κ2) is 12.7. The van der Waals surface area contributed by atoms with Gasteiger partial charge < -0.3 is 9.47 Å². The van der Waals surface area contributed by atoms with Gasteiger partial charge in [0.25, 0.3) is 0 Å². The number of rotatable bonds is 10. The molecule has 22 heavy (non-hydrogen) atoms. The maximum Gasteiger partial charge on any atom is 0.384 e. The average molecular weight is 307 g/mol. The van der Waals surface area contributed by atoms with Crippen molar-refractivity contribution in [3.05, 3.63) is 25.3 Å². The van der Waals surface area contributed by atoms with E-state index in [1.54, 1.807) is 26.0 Å². The third-order valence-electron chi connectivity index (χ3n) is 2.71. The molecule has 0 spiro atoms. The molecule has 0 radical (unpaired) electrons. The Morgan fingerprint density at radius 2 is 1.73 bits per heavy atom. The van der Waals surface area contributed by atoms with Crippen LogP contribution in [0.4, 0.5) is 0 Å². The van der Waals surface area contributed by atoms with Crippen LogP contribution >= 0.6 is 0 Å². The van der Waals surface area contributed by atoms with Gasteiger partial charge in [0.15, 0.2) is 0 Å². The summed E-state index contributed by atoms with van der Waals surface area (Å²) in [7, 11) is 0. The highest BCUT2D eigenvalue weighted by atomic mass is 16.5. The summed E-state index contributed by atoms with van der Waals surface area (Å²) in [6.07, 6.45) is 4.19. The lowest BCUT2D eigenvalue weighted by Gasteiger charge is -2.25. The third kappa shape index (κ3) is 8.98. The van der Waals surface area contributed by atoms with Gasteiger partial charge in [-0.1, -0.05) is 18.1 Å². The molecule has 0 N–H and O–H groups in total. The molecule has 0 heterocycles. The van der Waals surface area contributed by atoms with Gasteiger partial charge in [-0.3, -0.25) is 9.69 Å². The number of carbonyl (C=O) groups is 2. The van der Waals surface area contributed by atoms with Crippen molar-refractivity contribution in [3.63, 3.8) is 0 Å². The van der Waals surface area contributed by atoms with E-state index < -0.39 is 5.97 Å². The molecule has 0 bridgehead atoms. The summed E-state index contributed by atoms with van der Waals surface area (Å²) in [5.41, 5.74) is 0. The molecule has 0 aliphatic heterocycles. The quantitative estimate of drug-likeness (QED) is 0.267. The predicted molar refractivity (Wildman–Crippen MR) is 86.0 cm³/mol. The summed E-state index contributed by atoms with van der Waals surface area (Å²) in [4.78, 5) is 24.9. The summed E-state index contributed by atoms with van der Waals surface area (Å²) >= 11 is 0. The summed E-state index contributed by atoms with van der Waals surface area (Å²) in [5, 5.41) is 0. The first-order valence-electron chi connectivity index (χ1n) is 7.38. The summed E-state index contributed by atoms with van der Waals surface area (Å²) in [5.74, 6) is 4.49. The highest BCUT2D eigenvalue weighted by Gasteiger charge is 2.16. The fourth-order valence-electron chi connectivity index (χ4n) is 1.80. The lowest BCUT2D eigenvalue weighted by atomic mass is 10.1. The van der Waals surface area contributed by atoms with Crippen LogP contribution in [0.3, 0.4) is 0 Å². The molecule has 122 valence electrons. The Hall–Kier alpha value is -2.06. The van der Waals surface area contributed by atoms with Crippen LogP contribution in [-0.4, -0.2) is 49.2 Å². The van der Waals surface area contributed by atoms with Crippen LogP contribution in [0.25, 0.3) is 0 Å². The Morgan fingerprint density at radius 1 is 1.14 bits per heavy atom. The van der Waals surface area contributed by atoms with Gasteiger partial charge in [0, 0.05) is 25.4 Å². The SMILES string of the molecule is C=CCN(CC=C)[C@@H](C#CC(=O)OCC)CCC(=O)OCC. The van der Waals surface area contributed by atoms with Crippen LogP contribution in [0.1, 0.15) is 26.7 Å². The molecule has 0 unspecified atom stereocenters. The zero-order valence-corrected chi connectivity index (χ0v) is 13.5. The molecule has 0 aromatic carbocycles. The molecule has 0 amide bonds. The van der Waals surface area contributed by atoms with Gasteiger partial charge in [0.05, 0.1) is 19.3 Å². The molecular formula is C17H25NO4. The Labute approximate surface area is 133 Å². The molecule has 5 heteroatoms. The number of nitrogens with zero attached hydrogens (tertiary/aromatic N) is 1. The van der Waals surface area contributed by atoms with Gasteiger partial charge in [-0.15, -0.1) is 13.2 Å². The molecule has 0 saturated carbocycles. The van der Waals surface area contributed by atoms with Gasteiger partial charge in [-0.05, 0) is 20.3 Å². The van der Waals surface area contributed by atoms with Crippen molar-refractivity contribution in [2.45, 2.75) is 32.7 Å². The lowest BCUT2D eigenvalue weighted by Crippen LogP contribution is -2.35. The molecule has 0 fully saturated rings. The first-order chi connectivity index (χ1) is 10.6. The zero-order valence-electron chi connectivity index (χ0n) is 13.5. The van der Waals surface area contributed by atoms with Crippen molar-refractivity contribution in [2.75, 3.05) is 26.3 Å². The number of carbonyl (C=O) groups excluding carboxylic acids is 2. The number of hydrogen-bond donors (Lipinski definition) is 0. The first kappa shape index (κ1) is 19.9. The second-order valence-electron chi connectivity index (χ2n) is 4.38. The molecule has 1 atom stereocenters. The molecule has 0 aromatic rings. The van der Waals surface area contributed by atoms with E-state index in [-0.39, 0.29) is 25.0 Å². The number of hydrogen-bond acceptors (Lipinski definition) is 5. The zero-order chi connectivity index (χ0) is 16.8. The van der Waals surface area contributed by atoms with E-state index >= 15 is 0 Å². The molecule has 0 aliphatic carbocycles. The molecule has 5 nitrogen and oxygen atoms in total. The van der Waals surface area contributed by atoms with E-state index in [0.29, 0.717) is 26.1 Å². The van der Waals surface area contributed by atoms with Crippen molar-refractivity contribution >= 4 is 11.9 Å². The van der Waals surface area contributed by atoms with E-state index in [4.69, 9.17) is 9.47 Å². The Bertz CT molecular complexity index is 424. The third-order valence-corrected chi connectivity index (χ3v) is 2.71. The highest BCUT2D eigenvalue weighted by molar-refractivity contribution is 5.88. The maximum absolute atomic E-state index is 11.5. The normalized spacial score (nSPS) is 11.0. The Kier molecular flexibility index (Phi) is 11.5. The minimum Gasteiger partial charge on any atom is -0.466 e. The summed E-state index contributed by atoms with van der Waals surface area (Å²) in [6.45, 7) is 12.7. The van der Waals surface area contributed by atoms with Crippen molar-refractivity contribution in [3.8, 4) is 11.8 Å². The van der Waals surface area contributed by atoms with Crippen molar-refractivity contribution in [1.82, 2.24) is 4.90 Å². The lowest BCUT2D eigenvalue weighted by molar-refractivity contribution is -0.143. The highest BCUT2D eigenvalue weighted by Crippen LogP contribution is 2.08. The van der Waals surface area contributed by atoms with E-state index in [2.05, 4.69) is 25.0 Å². The Balaban J connectivity index is 4.93. The van der Waals surface area contributed by atoms with Crippen LogP contribution in [0.15, 0.2) is 25.3 Å². The van der Waals surface area contributed by atoms with Gasteiger partial charge in [0.2, 0.25) is 0 Å². The van der Waals surface area contributed by atoms with Crippen LogP contribution in [-0.2, 0) is 19.1 Å². The number of ether oxygens (including phenoxy) is 2. The standard InChI is InChI=1S/C17H25NO4/c1-5-13-18(14-6-2)15(9-11-16(19)21-7-3)10-12-17(20)22-8-4/h5-6,15H,1-2,7-9,11,13-14H2,3-4H3/t15-/m1/s1. The fraction of sp³-hybridized carbons (Fsp3) is 0.529. The molecule has 0 saturated heterocycles. The summed E-state index contributed by atoms with van der Waals surface area (Å²) < 4.78 is 9.71.